The molecule has 2 fully saturated rings. The Morgan fingerprint density at radius 1 is 1.03 bits per heavy atom. The Labute approximate surface area is 335 Å². The molecule has 6 aromatic rings. The van der Waals surface area contributed by atoms with Crippen LogP contribution in [0, 0.1) is 20.8 Å². The Kier molecular flexibility index (Phi) is 9.57. The number of H-pyrrole nitrogens is 1. The molecule has 2 aliphatic heterocycles. The molecule has 1 aliphatic carbocycles. The van der Waals surface area contributed by atoms with Gasteiger partial charge in [-0.15, -0.1) is 0 Å². The molecule has 0 spiro atoms. The molecule has 58 heavy (non-hydrogen) atoms. The third-order valence-electron chi connectivity index (χ3n) is 11.8. The van der Waals surface area contributed by atoms with Crippen molar-refractivity contribution in [3.05, 3.63) is 88.3 Å². The molecule has 2 aromatic carbocycles. The first-order valence-electron chi connectivity index (χ1n) is 20.4. The summed E-state index contributed by atoms with van der Waals surface area (Å²) < 4.78 is 7.46. The number of benzene rings is 2. The summed E-state index contributed by atoms with van der Waals surface area (Å²) in [5.41, 5.74) is 9.55. The first-order chi connectivity index (χ1) is 28.1. The van der Waals surface area contributed by atoms with Gasteiger partial charge >= 0.3 is 0 Å². The Balaban J connectivity index is 0.906. The van der Waals surface area contributed by atoms with Crippen LogP contribution in [0.4, 0.5) is 17.3 Å². The van der Waals surface area contributed by atoms with Crippen LogP contribution in [-0.4, -0.2) is 65.0 Å². The van der Waals surface area contributed by atoms with Gasteiger partial charge in [-0.05, 0) is 102 Å². The van der Waals surface area contributed by atoms with Crippen molar-refractivity contribution in [1.29, 1.82) is 0 Å². The highest BCUT2D eigenvalue weighted by Gasteiger charge is 2.39. The minimum atomic E-state index is -0.500. The van der Waals surface area contributed by atoms with E-state index >= 15 is 0 Å². The molecule has 9 rings (SSSR count). The van der Waals surface area contributed by atoms with Crippen LogP contribution in [0.3, 0.4) is 0 Å². The highest BCUT2D eigenvalue weighted by molar-refractivity contribution is 6.13. The molecule has 1 atom stereocenters. The predicted octanol–water partition coefficient (Wildman–Crippen LogP) is 8.13. The number of aromatic amines is 1. The number of fused-ring (bicyclic) bond motifs is 4. The second-order valence-corrected chi connectivity index (χ2v) is 15.9. The number of anilines is 3. The highest BCUT2D eigenvalue weighted by atomic mass is 16.5. The van der Waals surface area contributed by atoms with Gasteiger partial charge in [0.25, 0.3) is 5.91 Å². The standard InChI is InChI=1S/C44H48N10O4/c1-6-54-37(21-33(51-54)27-15-16-27)48-42-39-30-19-23(2)29(38-25(4)52-58-26(38)5)20-34(30)47-41(39)49-40(50-42)36(55)13-8-7-9-18-45-32-12-10-11-28-31(32)22-53(44(28)57)35-17-14-24(3)46-43(35)56/h10-12,19-21,27,35,45H,3,6-9,13-18,22H2,1-2,4-5H3,(H,46,56)(H2,47,48,49,50). The minimum absolute atomic E-state index is 0.119. The van der Waals surface area contributed by atoms with Crippen molar-refractivity contribution in [3.63, 3.8) is 0 Å². The SMILES string of the molecule is C=C1CCC(N2Cc3c(NCCCCCC(=O)c4nc(Nc5cc(C6CC6)nn5CC)c5c(n4)[nH]c4cc(-c6c(C)noc6C)c(C)cc45)cccc3C2=O)C(=O)N1. The Morgan fingerprint density at radius 3 is 2.64 bits per heavy atom. The molecule has 0 bridgehead atoms. The first-order valence-corrected chi connectivity index (χ1v) is 20.4. The van der Waals surface area contributed by atoms with Gasteiger partial charge in [0.15, 0.2) is 11.6 Å². The Hall–Kier alpha value is -6.31. The lowest BCUT2D eigenvalue weighted by Crippen LogP contribution is -2.49. The van der Waals surface area contributed by atoms with Gasteiger partial charge in [-0.3, -0.25) is 14.4 Å². The van der Waals surface area contributed by atoms with Crippen LogP contribution < -0.4 is 16.0 Å². The summed E-state index contributed by atoms with van der Waals surface area (Å²) in [5.74, 6) is 2.39. The van der Waals surface area contributed by atoms with Gasteiger partial charge in [-0.25, -0.2) is 14.6 Å². The second kappa shape index (κ2) is 14.9. The van der Waals surface area contributed by atoms with Crippen molar-refractivity contribution in [3.8, 4) is 11.1 Å². The number of allylic oxidation sites excluding steroid dienone is 1. The molecule has 2 amide bonds. The molecular formula is C44H48N10O4. The normalized spacial score (nSPS) is 16.7. The fraction of sp³-hybridized carbons (Fsp3) is 0.386. The van der Waals surface area contributed by atoms with Crippen LogP contribution >= 0.6 is 0 Å². The molecule has 1 saturated carbocycles. The largest absolute Gasteiger partial charge is 0.385 e. The number of aryl methyl sites for hydroxylation is 4. The monoisotopic (exact) mass is 780 g/mol. The molecule has 4 N–H and O–H groups in total. The quantitative estimate of drug-likeness (QED) is 0.0624. The van der Waals surface area contributed by atoms with Crippen LogP contribution in [0.15, 0.2) is 53.2 Å². The number of hydrogen-bond acceptors (Lipinski definition) is 10. The van der Waals surface area contributed by atoms with Crippen LogP contribution in [0.2, 0.25) is 0 Å². The van der Waals surface area contributed by atoms with Crippen molar-refractivity contribution in [2.75, 3.05) is 17.2 Å². The number of piperidine rings is 1. The first kappa shape index (κ1) is 37.3. The van der Waals surface area contributed by atoms with E-state index in [1.807, 2.05) is 36.7 Å². The van der Waals surface area contributed by atoms with Crippen molar-refractivity contribution in [2.45, 2.75) is 104 Å². The molecule has 6 heterocycles. The Bertz CT molecular complexity index is 2630. The molecule has 14 heteroatoms. The minimum Gasteiger partial charge on any atom is -0.385 e. The lowest BCUT2D eigenvalue weighted by Gasteiger charge is -2.31. The van der Waals surface area contributed by atoms with Gasteiger partial charge in [0.1, 0.15) is 29.1 Å². The zero-order valence-electron chi connectivity index (χ0n) is 33.4. The van der Waals surface area contributed by atoms with E-state index in [2.05, 4.69) is 64.7 Å². The summed E-state index contributed by atoms with van der Waals surface area (Å²) in [5, 5.41) is 20.7. The third kappa shape index (κ3) is 6.79. The summed E-state index contributed by atoms with van der Waals surface area (Å²) in [6, 6.07) is 11.5. The number of Topliss-reactive ketones (excluding diaryl/α,β-unsaturated/α-hetero) is 1. The molecule has 14 nitrogen and oxygen atoms in total. The number of aromatic nitrogens is 6. The number of hydrogen-bond donors (Lipinski definition) is 4. The maximum Gasteiger partial charge on any atom is 0.255 e. The zero-order chi connectivity index (χ0) is 40.2. The number of nitrogens with one attached hydrogen (secondary N) is 4. The zero-order valence-corrected chi connectivity index (χ0v) is 33.4. The summed E-state index contributed by atoms with van der Waals surface area (Å²) in [6.45, 7) is 13.6. The number of nitrogens with zero attached hydrogens (tertiary/aromatic N) is 6. The smallest absolute Gasteiger partial charge is 0.255 e. The van der Waals surface area contributed by atoms with E-state index in [1.54, 1.807) is 4.90 Å². The van der Waals surface area contributed by atoms with Gasteiger partial charge in [0.05, 0.1) is 16.8 Å². The summed E-state index contributed by atoms with van der Waals surface area (Å²) >= 11 is 0. The third-order valence-corrected chi connectivity index (χ3v) is 11.8. The number of carbonyl (C=O) groups excluding carboxylic acids is 3. The maximum atomic E-state index is 13.8. The second-order valence-electron chi connectivity index (χ2n) is 15.9. The maximum absolute atomic E-state index is 13.8. The molecule has 1 unspecified atom stereocenters. The van der Waals surface area contributed by atoms with Gasteiger partial charge in [0.2, 0.25) is 5.91 Å². The van der Waals surface area contributed by atoms with E-state index < -0.39 is 6.04 Å². The number of unbranched alkanes of at least 4 members (excludes halogenated alkanes) is 2. The summed E-state index contributed by atoms with van der Waals surface area (Å²) in [4.78, 5) is 54.7. The van der Waals surface area contributed by atoms with E-state index in [1.165, 1.54) is 0 Å². The van der Waals surface area contributed by atoms with Crippen LogP contribution in [0.1, 0.15) is 113 Å². The summed E-state index contributed by atoms with van der Waals surface area (Å²) in [7, 11) is 0. The van der Waals surface area contributed by atoms with E-state index in [4.69, 9.17) is 19.6 Å². The number of ketones is 1. The Morgan fingerprint density at radius 2 is 1.88 bits per heavy atom. The highest BCUT2D eigenvalue weighted by Crippen LogP contribution is 2.42. The van der Waals surface area contributed by atoms with Crippen LogP contribution in [0.5, 0.6) is 0 Å². The average Bonchev–Trinajstić information content (AvgIpc) is 3.59. The molecule has 0 radical (unpaired) electrons. The number of rotatable bonds is 14. The van der Waals surface area contributed by atoms with E-state index in [9.17, 15) is 14.4 Å². The van der Waals surface area contributed by atoms with Gasteiger partial charge in [0, 0.05) is 77.0 Å². The molecular weight excluding hydrogens is 733 g/mol. The van der Waals surface area contributed by atoms with Gasteiger partial charge in [-0.1, -0.05) is 24.2 Å². The molecule has 1 saturated heterocycles. The summed E-state index contributed by atoms with van der Waals surface area (Å²) in [6.07, 6.45) is 6.14. The van der Waals surface area contributed by atoms with Crippen molar-refractivity contribution >= 4 is 56.9 Å². The van der Waals surface area contributed by atoms with Crippen molar-refractivity contribution < 1.29 is 18.9 Å². The number of amides is 2. The van der Waals surface area contributed by atoms with E-state index in [0.717, 1.165) is 92.9 Å². The topological polar surface area (TPSA) is 176 Å². The predicted molar refractivity (Wildman–Crippen MR) is 222 cm³/mol. The molecule has 3 aliphatic rings. The van der Waals surface area contributed by atoms with Crippen LogP contribution in [-0.2, 0) is 17.9 Å². The van der Waals surface area contributed by atoms with Gasteiger partial charge < -0.3 is 30.4 Å². The van der Waals surface area contributed by atoms with E-state index in [0.29, 0.717) is 74.0 Å². The molecule has 4 aromatic heterocycles. The average molecular weight is 781 g/mol. The molecule has 298 valence electrons. The fourth-order valence-corrected chi connectivity index (χ4v) is 8.54. The number of carbonyl (C=O) groups is 3. The lowest BCUT2D eigenvalue weighted by atomic mass is 9.97. The van der Waals surface area contributed by atoms with Crippen molar-refractivity contribution in [1.82, 2.24) is 40.1 Å². The van der Waals surface area contributed by atoms with Crippen molar-refractivity contribution in [2.24, 2.45) is 0 Å². The van der Waals surface area contributed by atoms with Gasteiger partial charge in [-0.2, -0.15) is 5.10 Å². The fourth-order valence-electron chi connectivity index (χ4n) is 8.54. The lowest BCUT2D eigenvalue weighted by molar-refractivity contribution is -0.126. The van der Waals surface area contributed by atoms with Crippen LogP contribution in [0.25, 0.3) is 33.1 Å². The van der Waals surface area contributed by atoms with E-state index in [-0.39, 0.29) is 23.4 Å².